The van der Waals surface area contributed by atoms with Gasteiger partial charge in [-0.05, 0) is 37.6 Å². The first-order chi connectivity index (χ1) is 9.17. The van der Waals surface area contributed by atoms with Crippen molar-refractivity contribution in [3.05, 3.63) is 18.2 Å². The van der Waals surface area contributed by atoms with Crippen LogP contribution in [0.3, 0.4) is 0 Å². The van der Waals surface area contributed by atoms with Crippen molar-refractivity contribution in [1.29, 1.82) is 0 Å². The summed E-state index contributed by atoms with van der Waals surface area (Å²) in [6.07, 6.45) is 4.55. The maximum atomic E-state index is 11.7. The Bertz CT molecular complexity index is 408. The number of nitrogens with two attached hydrogens (primary N) is 2. The number of carbonyl (C=O) groups excluding carboxylic acids is 1. The van der Waals surface area contributed by atoms with E-state index in [0.29, 0.717) is 23.5 Å². The molecule has 5 heteroatoms. The van der Waals surface area contributed by atoms with Crippen molar-refractivity contribution >= 4 is 17.3 Å². The molecule has 1 aromatic carbocycles. The van der Waals surface area contributed by atoms with E-state index in [1.54, 1.807) is 25.3 Å². The second kappa shape index (κ2) is 8.37. The summed E-state index contributed by atoms with van der Waals surface area (Å²) in [6.45, 7) is 0.720. The summed E-state index contributed by atoms with van der Waals surface area (Å²) in [6, 6.07) is 5.22. The van der Waals surface area contributed by atoms with Crippen molar-refractivity contribution in [1.82, 2.24) is 0 Å². The third-order valence-electron chi connectivity index (χ3n) is 2.87. The Kier molecular flexibility index (Phi) is 6.74. The molecule has 106 valence electrons. The zero-order valence-corrected chi connectivity index (χ0v) is 11.4. The van der Waals surface area contributed by atoms with Gasteiger partial charge in [-0.2, -0.15) is 0 Å². The van der Waals surface area contributed by atoms with Gasteiger partial charge in [-0.3, -0.25) is 4.79 Å². The number of hydrogen-bond donors (Lipinski definition) is 3. The smallest absolute Gasteiger partial charge is 0.224 e. The molecule has 1 amide bonds. The third-order valence-corrected chi connectivity index (χ3v) is 2.87. The average molecular weight is 265 g/mol. The zero-order chi connectivity index (χ0) is 14.1. The standard InChI is InChI=1S/C14H23N3O2/c1-19-13-8-7-11(10-12(13)16)17-14(18)6-4-2-3-5-9-15/h7-8,10H,2-6,9,15-16H2,1H3,(H,17,18). The summed E-state index contributed by atoms with van der Waals surface area (Å²) in [4.78, 5) is 11.7. The van der Waals surface area contributed by atoms with Gasteiger partial charge in [-0.25, -0.2) is 0 Å². The topological polar surface area (TPSA) is 90.4 Å². The molecule has 0 saturated heterocycles. The van der Waals surface area contributed by atoms with Gasteiger partial charge in [0, 0.05) is 12.1 Å². The molecular weight excluding hydrogens is 242 g/mol. The van der Waals surface area contributed by atoms with Crippen LogP contribution in [0.4, 0.5) is 11.4 Å². The molecule has 0 aliphatic rings. The van der Waals surface area contributed by atoms with Crippen LogP contribution in [-0.4, -0.2) is 19.6 Å². The Morgan fingerprint density at radius 3 is 2.63 bits per heavy atom. The SMILES string of the molecule is COc1ccc(NC(=O)CCCCCCN)cc1N. The van der Waals surface area contributed by atoms with Crippen molar-refractivity contribution in [2.45, 2.75) is 32.1 Å². The van der Waals surface area contributed by atoms with Crippen molar-refractivity contribution in [2.75, 3.05) is 24.7 Å². The van der Waals surface area contributed by atoms with Gasteiger partial charge in [0.2, 0.25) is 5.91 Å². The van der Waals surface area contributed by atoms with E-state index in [9.17, 15) is 4.79 Å². The van der Waals surface area contributed by atoms with Crippen LogP contribution >= 0.6 is 0 Å². The van der Waals surface area contributed by atoms with Crippen LogP contribution in [0.25, 0.3) is 0 Å². The van der Waals surface area contributed by atoms with Crippen LogP contribution in [0.2, 0.25) is 0 Å². The Labute approximate surface area is 114 Å². The van der Waals surface area contributed by atoms with Crippen molar-refractivity contribution in [3.8, 4) is 5.75 Å². The van der Waals surface area contributed by atoms with Crippen LogP contribution < -0.4 is 21.5 Å². The molecule has 0 bridgehead atoms. The second-order valence-electron chi connectivity index (χ2n) is 4.46. The van der Waals surface area contributed by atoms with Crippen LogP contribution in [0, 0.1) is 0 Å². The summed E-state index contributed by atoms with van der Waals surface area (Å²) in [5.41, 5.74) is 12.4. The van der Waals surface area contributed by atoms with Gasteiger partial charge in [-0.15, -0.1) is 0 Å². The number of ether oxygens (including phenoxy) is 1. The maximum Gasteiger partial charge on any atom is 0.224 e. The molecule has 5 nitrogen and oxygen atoms in total. The molecule has 0 aromatic heterocycles. The lowest BCUT2D eigenvalue weighted by Gasteiger charge is -2.08. The molecule has 1 aromatic rings. The molecule has 0 heterocycles. The highest BCUT2D eigenvalue weighted by atomic mass is 16.5. The number of carbonyl (C=O) groups is 1. The zero-order valence-electron chi connectivity index (χ0n) is 11.4. The average Bonchev–Trinajstić information content (AvgIpc) is 2.39. The highest BCUT2D eigenvalue weighted by molar-refractivity contribution is 5.91. The fraction of sp³-hybridized carbons (Fsp3) is 0.500. The molecule has 0 saturated carbocycles. The Hall–Kier alpha value is -1.75. The molecule has 0 aliphatic carbocycles. The quantitative estimate of drug-likeness (QED) is 0.496. The van der Waals surface area contributed by atoms with E-state index < -0.39 is 0 Å². The minimum Gasteiger partial charge on any atom is -0.495 e. The van der Waals surface area contributed by atoms with Gasteiger partial charge < -0.3 is 21.5 Å². The van der Waals surface area contributed by atoms with E-state index in [1.807, 2.05) is 0 Å². The molecule has 0 aliphatic heterocycles. The van der Waals surface area contributed by atoms with E-state index in [-0.39, 0.29) is 5.91 Å². The number of methoxy groups -OCH3 is 1. The van der Waals surface area contributed by atoms with E-state index in [4.69, 9.17) is 16.2 Å². The monoisotopic (exact) mass is 265 g/mol. The lowest BCUT2D eigenvalue weighted by atomic mass is 10.1. The number of nitrogens with one attached hydrogen (secondary N) is 1. The van der Waals surface area contributed by atoms with Crippen LogP contribution in [0.1, 0.15) is 32.1 Å². The van der Waals surface area contributed by atoms with Gasteiger partial charge in [0.15, 0.2) is 0 Å². The fourth-order valence-electron chi connectivity index (χ4n) is 1.82. The number of hydrogen-bond acceptors (Lipinski definition) is 4. The van der Waals surface area contributed by atoms with Crippen molar-refractivity contribution in [2.24, 2.45) is 5.73 Å². The van der Waals surface area contributed by atoms with Crippen LogP contribution in [0.15, 0.2) is 18.2 Å². The second-order valence-corrected chi connectivity index (χ2v) is 4.46. The summed E-state index contributed by atoms with van der Waals surface area (Å²) in [7, 11) is 1.56. The number of unbranched alkanes of at least 4 members (excludes halogenated alkanes) is 3. The van der Waals surface area contributed by atoms with E-state index in [2.05, 4.69) is 5.32 Å². The number of rotatable bonds is 8. The van der Waals surface area contributed by atoms with E-state index >= 15 is 0 Å². The number of nitrogen functional groups attached to an aromatic ring is 1. The third kappa shape index (κ3) is 5.61. The van der Waals surface area contributed by atoms with E-state index in [0.717, 1.165) is 32.2 Å². The fourth-order valence-corrected chi connectivity index (χ4v) is 1.82. The van der Waals surface area contributed by atoms with Gasteiger partial charge in [0.05, 0.1) is 12.8 Å². The van der Waals surface area contributed by atoms with E-state index in [1.165, 1.54) is 0 Å². The summed E-state index contributed by atoms with van der Waals surface area (Å²) < 4.78 is 5.06. The molecule has 0 radical (unpaired) electrons. The van der Waals surface area contributed by atoms with Gasteiger partial charge in [0.25, 0.3) is 0 Å². The number of amides is 1. The predicted octanol–water partition coefficient (Wildman–Crippen LogP) is 2.13. The summed E-state index contributed by atoms with van der Waals surface area (Å²) in [5, 5.41) is 2.83. The largest absolute Gasteiger partial charge is 0.495 e. The molecule has 0 spiro atoms. The minimum atomic E-state index is 0.0114. The molecule has 19 heavy (non-hydrogen) atoms. The first-order valence-electron chi connectivity index (χ1n) is 6.61. The van der Waals surface area contributed by atoms with Gasteiger partial charge in [-0.1, -0.05) is 12.8 Å². The minimum absolute atomic E-state index is 0.0114. The maximum absolute atomic E-state index is 11.7. The lowest BCUT2D eigenvalue weighted by Crippen LogP contribution is -2.11. The van der Waals surface area contributed by atoms with Gasteiger partial charge in [0.1, 0.15) is 5.75 Å². The molecule has 0 fully saturated rings. The predicted molar refractivity (Wildman–Crippen MR) is 78.2 cm³/mol. The highest BCUT2D eigenvalue weighted by Gasteiger charge is 2.05. The Balaban J connectivity index is 2.34. The highest BCUT2D eigenvalue weighted by Crippen LogP contribution is 2.24. The number of anilines is 2. The summed E-state index contributed by atoms with van der Waals surface area (Å²) in [5.74, 6) is 0.622. The molecule has 0 atom stereocenters. The lowest BCUT2D eigenvalue weighted by molar-refractivity contribution is -0.116. The Morgan fingerprint density at radius 1 is 1.26 bits per heavy atom. The van der Waals surface area contributed by atoms with Crippen molar-refractivity contribution < 1.29 is 9.53 Å². The molecular formula is C14H23N3O2. The van der Waals surface area contributed by atoms with Crippen molar-refractivity contribution in [3.63, 3.8) is 0 Å². The Morgan fingerprint density at radius 2 is 2.00 bits per heavy atom. The normalized spacial score (nSPS) is 10.2. The molecule has 1 rings (SSSR count). The molecule has 5 N–H and O–H groups in total. The summed E-state index contributed by atoms with van der Waals surface area (Å²) >= 11 is 0. The van der Waals surface area contributed by atoms with Crippen LogP contribution in [-0.2, 0) is 4.79 Å². The van der Waals surface area contributed by atoms with Gasteiger partial charge >= 0.3 is 0 Å². The van der Waals surface area contributed by atoms with Crippen LogP contribution in [0.5, 0.6) is 5.75 Å². The number of benzene rings is 1. The first kappa shape index (κ1) is 15.3. The molecule has 0 unspecified atom stereocenters. The first-order valence-corrected chi connectivity index (χ1v) is 6.61.